The Kier molecular flexibility index (Phi) is 5.05. The van der Waals surface area contributed by atoms with E-state index in [4.69, 9.17) is 16.7 Å². The number of alkyl halides is 3. The third-order valence-electron chi connectivity index (χ3n) is 3.38. The SMILES string of the molecule is CC(C)(C)n1ncc(C(=O)Nc2ccc(C(=O)O)c(Cl)c2)c1C(F)(F)F. The molecule has 0 saturated heterocycles. The summed E-state index contributed by atoms with van der Waals surface area (Å²) in [5.74, 6) is -2.30. The Bertz CT molecular complexity index is 870. The number of nitrogens with zero attached hydrogens (tertiary/aromatic N) is 2. The molecular weight excluding hydrogens is 375 g/mol. The van der Waals surface area contributed by atoms with E-state index in [1.165, 1.54) is 26.8 Å². The second-order valence-electron chi connectivity index (χ2n) is 6.44. The molecule has 0 radical (unpaired) electrons. The predicted molar refractivity (Wildman–Crippen MR) is 88.6 cm³/mol. The summed E-state index contributed by atoms with van der Waals surface area (Å²) in [6.45, 7) is 4.59. The first kappa shape index (κ1) is 19.8. The highest BCUT2D eigenvalue weighted by atomic mass is 35.5. The molecule has 0 unspecified atom stereocenters. The van der Waals surface area contributed by atoms with Crippen LogP contribution in [-0.2, 0) is 11.7 Å². The molecule has 6 nitrogen and oxygen atoms in total. The minimum Gasteiger partial charge on any atom is -0.478 e. The van der Waals surface area contributed by atoms with E-state index in [1.54, 1.807) is 0 Å². The predicted octanol–water partition coefficient (Wildman–Crippen LogP) is 4.26. The summed E-state index contributed by atoms with van der Waals surface area (Å²) in [5.41, 5.74) is -2.94. The van der Waals surface area contributed by atoms with Crippen LogP contribution < -0.4 is 5.32 Å². The molecule has 2 N–H and O–H groups in total. The number of halogens is 4. The van der Waals surface area contributed by atoms with E-state index in [9.17, 15) is 22.8 Å². The zero-order valence-electron chi connectivity index (χ0n) is 14.0. The number of amides is 1. The summed E-state index contributed by atoms with van der Waals surface area (Å²) in [4.78, 5) is 23.2. The van der Waals surface area contributed by atoms with Crippen molar-refractivity contribution in [3.8, 4) is 0 Å². The van der Waals surface area contributed by atoms with Crippen LogP contribution in [-0.4, -0.2) is 26.8 Å². The Morgan fingerprint density at radius 1 is 1.19 bits per heavy atom. The zero-order valence-corrected chi connectivity index (χ0v) is 14.7. The van der Waals surface area contributed by atoms with Gasteiger partial charge in [0.15, 0.2) is 5.69 Å². The summed E-state index contributed by atoms with van der Waals surface area (Å²) < 4.78 is 41.1. The van der Waals surface area contributed by atoms with Gasteiger partial charge in [0.25, 0.3) is 5.91 Å². The lowest BCUT2D eigenvalue weighted by Gasteiger charge is -2.23. The fourth-order valence-corrected chi connectivity index (χ4v) is 2.52. The second kappa shape index (κ2) is 6.64. The fraction of sp³-hybridized carbons (Fsp3) is 0.312. The number of anilines is 1. The lowest BCUT2D eigenvalue weighted by molar-refractivity contribution is -0.146. The molecule has 10 heteroatoms. The van der Waals surface area contributed by atoms with Crippen LogP contribution in [0.4, 0.5) is 18.9 Å². The van der Waals surface area contributed by atoms with Gasteiger partial charge in [-0.1, -0.05) is 11.6 Å². The van der Waals surface area contributed by atoms with Gasteiger partial charge in [-0.15, -0.1) is 0 Å². The molecule has 26 heavy (non-hydrogen) atoms. The quantitative estimate of drug-likeness (QED) is 0.821. The number of aromatic nitrogens is 2. The largest absolute Gasteiger partial charge is 0.478 e. The topological polar surface area (TPSA) is 84.2 Å². The molecule has 140 valence electrons. The van der Waals surface area contributed by atoms with Crippen molar-refractivity contribution in [3.05, 3.63) is 46.2 Å². The number of aromatic carboxylic acids is 1. The van der Waals surface area contributed by atoms with Crippen molar-refractivity contribution >= 4 is 29.2 Å². The monoisotopic (exact) mass is 389 g/mol. The van der Waals surface area contributed by atoms with Crippen molar-refractivity contribution < 1.29 is 27.9 Å². The van der Waals surface area contributed by atoms with Crippen molar-refractivity contribution in [1.82, 2.24) is 9.78 Å². The van der Waals surface area contributed by atoms with Crippen LogP contribution in [0.1, 0.15) is 47.2 Å². The number of carbonyl (C=O) groups is 2. The van der Waals surface area contributed by atoms with Crippen molar-refractivity contribution in [2.24, 2.45) is 0 Å². The highest BCUT2D eigenvalue weighted by Crippen LogP contribution is 2.35. The number of hydrogen-bond acceptors (Lipinski definition) is 3. The van der Waals surface area contributed by atoms with Gasteiger partial charge >= 0.3 is 12.1 Å². The zero-order chi connectivity index (χ0) is 19.9. The normalized spacial score (nSPS) is 12.1. The first-order chi connectivity index (χ1) is 11.8. The van der Waals surface area contributed by atoms with Crippen molar-refractivity contribution in [2.45, 2.75) is 32.5 Å². The maximum absolute atomic E-state index is 13.5. The van der Waals surface area contributed by atoms with Gasteiger partial charge in [-0.3, -0.25) is 9.48 Å². The number of carbonyl (C=O) groups excluding carboxylic acids is 1. The summed E-state index contributed by atoms with van der Waals surface area (Å²) in [7, 11) is 0. The van der Waals surface area contributed by atoms with Crippen molar-refractivity contribution in [2.75, 3.05) is 5.32 Å². The summed E-state index contributed by atoms with van der Waals surface area (Å²) in [6, 6.07) is 3.52. The molecule has 1 aromatic carbocycles. The highest BCUT2D eigenvalue weighted by Gasteiger charge is 2.42. The molecule has 1 amide bonds. The second-order valence-corrected chi connectivity index (χ2v) is 6.85. The van der Waals surface area contributed by atoms with Crippen molar-refractivity contribution in [3.63, 3.8) is 0 Å². The Morgan fingerprint density at radius 3 is 2.27 bits per heavy atom. The molecule has 2 aromatic rings. The molecule has 0 aliphatic carbocycles. The first-order valence-electron chi connectivity index (χ1n) is 7.32. The molecule has 0 saturated carbocycles. The van der Waals surface area contributed by atoms with Crippen LogP contribution in [0.5, 0.6) is 0 Å². The molecule has 0 bridgehead atoms. The molecule has 1 heterocycles. The van der Waals surface area contributed by atoms with Crippen LogP contribution in [0.25, 0.3) is 0 Å². The minimum absolute atomic E-state index is 0.0571. The minimum atomic E-state index is -4.79. The molecular formula is C16H15ClF3N3O3. The Morgan fingerprint density at radius 2 is 1.81 bits per heavy atom. The number of carboxylic acids is 1. The van der Waals surface area contributed by atoms with Gasteiger partial charge in [-0.2, -0.15) is 18.3 Å². The molecule has 1 aromatic heterocycles. The average molecular weight is 390 g/mol. The maximum Gasteiger partial charge on any atom is 0.433 e. The molecule has 0 fully saturated rings. The van der Waals surface area contributed by atoms with E-state index in [1.807, 2.05) is 0 Å². The molecule has 0 atom stereocenters. The van der Waals surface area contributed by atoms with E-state index in [-0.39, 0.29) is 16.3 Å². The van der Waals surface area contributed by atoms with Crippen LogP contribution in [0.2, 0.25) is 5.02 Å². The van der Waals surface area contributed by atoms with Gasteiger partial charge in [-0.05, 0) is 39.0 Å². The summed E-state index contributed by atoms with van der Waals surface area (Å²) in [5, 5.41) is 14.7. The van der Waals surface area contributed by atoms with E-state index in [0.29, 0.717) is 0 Å². The van der Waals surface area contributed by atoms with E-state index >= 15 is 0 Å². The molecule has 2 rings (SSSR count). The highest BCUT2D eigenvalue weighted by molar-refractivity contribution is 6.33. The van der Waals surface area contributed by atoms with Gasteiger partial charge < -0.3 is 10.4 Å². The molecule has 0 spiro atoms. The van der Waals surface area contributed by atoms with Gasteiger partial charge in [-0.25, -0.2) is 4.79 Å². The van der Waals surface area contributed by atoms with Crippen molar-refractivity contribution in [1.29, 1.82) is 0 Å². The Hall–Kier alpha value is -2.55. The summed E-state index contributed by atoms with van der Waals surface area (Å²) in [6.07, 6.45) is -3.95. The average Bonchev–Trinajstić information content (AvgIpc) is 2.91. The Labute approximate surface area is 151 Å². The van der Waals surface area contributed by atoms with E-state index < -0.39 is 34.8 Å². The van der Waals surface area contributed by atoms with Gasteiger partial charge in [0.2, 0.25) is 0 Å². The van der Waals surface area contributed by atoms with E-state index in [2.05, 4.69) is 10.4 Å². The van der Waals surface area contributed by atoms with Gasteiger partial charge in [0, 0.05) is 5.69 Å². The fourth-order valence-electron chi connectivity index (χ4n) is 2.26. The number of hydrogen-bond donors (Lipinski definition) is 2. The van der Waals surface area contributed by atoms with E-state index in [0.717, 1.165) is 23.0 Å². The number of benzene rings is 1. The smallest absolute Gasteiger partial charge is 0.433 e. The van der Waals surface area contributed by atoms with Crippen LogP contribution in [0.3, 0.4) is 0 Å². The lowest BCUT2D eigenvalue weighted by atomic mass is 10.1. The standard InChI is InChI=1S/C16H15ClF3N3O3/c1-15(2,3)23-12(16(18,19)20)10(7-21-23)13(24)22-8-4-5-9(14(25)26)11(17)6-8/h4-7H,1-3H3,(H,22,24)(H,25,26). The maximum atomic E-state index is 13.5. The Balaban J connectivity index is 2.41. The van der Waals surface area contributed by atoms with Gasteiger partial charge in [0.05, 0.1) is 27.9 Å². The van der Waals surface area contributed by atoms with Gasteiger partial charge in [0.1, 0.15) is 0 Å². The van der Waals surface area contributed by atoms with Crippen LogP contribution >= 0.6 is 11.6 Å². The lowest BCUT2D eigenvalue weighted by Crippen LogP contribution is -2.30. The number of rotatable bonds is 3. The first-order valence-corrected chi connectivity index (χ1v) is 7.70. The number of nitrogens with one attached hydrogen (secondary N) is 1. The van der Waals surface area contributed by atoms with Crippen LogP contribution in [0.15, 0.2) is 24.4 Å². The summed E-state index contributed by atoms with van der Waals surface area (Å²) >= 11 is 5.79. The van der Waals surface area contributed by atoms with Crippen LogP contribution in [0, 0.1) is 0 Å². The molecule has 0 aliphatic heterocycles. The third kappa shape index (κ3) is 3.98. The number of carboxylic acid groups (broad SMARTS) is 1. The third-order valence-corrected chi connectivity index (χ3v) is 3.69. The molecule has 0 aliphatic rings.